The van der Waals surface area contributed by atoms with Gasteiger partial charge in [0, 0.05) is 36.1 Å². The van der Waals surface area contributed by atoms with Crippen LogP contribution >= 0.6 is 11.6 Å². The summed E-state index contributed by atoms with van der Waals surface area (Å²) in [7, 11) is 0. The minimum atomic E-state index is -0.644. The summed E-state index contributed by atoms with van der Waals surface area (Å²) in [6.45, 7) is 5.04. The summed E-state index contributed by atoms with van der Waals surface area (Å²) in [5.74, 6) is 2.89. The number of terminal acetylenes is 1. The van der Waals surface area contributed by atoms with E-state index in [1.165, 1.54) is 6.07 Å². The Morgan fingerprint density at radius 2 is 2.02 bits per heavy atom. The van der Waals surface area contributed by atoms with E-state index in [0.717, 1.165) is 45.3 Å². The molecule has 0 radical (unpaired) electrons. The summed E-state index contributed by atoms with van der Waals surface area (Å²) in [5, 5.41) is 15.9. The topological polar surface area (TPSA) is 83.0 Å². The van der Waals surface area contributed by atoms with Crippen molar-refractivity contribution in [2.24, 2.45) is 0 Å². The number of fused-ring (bicyclic) bond motifs is 4. The minimum absolute atomic E-state index is 0.0197. The first-order valence-corrected chi connectivity index (χ1v) is 15.3. The van der Waals surface area contributed by atoms with Gasteiger partial charge in [0.2, 0.25) is 0 Å². The van der Waals surface area contributed by atoms with E-state index in [0.29, 0.717) is 65.2 Å². The zero-order chi connectivity index (χ0) is 29.3. The normalized spacial score (nSPS) is 20.9. The van der Waals surface area contributed by atoms with E-state index >= 15 is 4.39 Å². The zero-order valence-corrected chi connectivity index (χ0v) is 24.4. The number of nitrogens with one attached hydrogen (secondary N) is 1. The number of piperazine rings is 1. The fraction of sp³-hybridized carbons (Fsp3) is 0.394. The summed E-state index contributed by atoms with van der Waals surface area (Å²) < 4.78 is 29.8. The third-order valence-electron chi connectivity index (χ3n) is 9.65. The van der Waals surface area contributed by atoms with E-state index in [1.807, 2.05) is 6.07 Å². The van der Waals surface area contributed by atoms with Gasteiger partial charge in [0.1, 0.15) is 30.3 Å². The summed E-state index contributed by atoms with van der Waals surface area (Å²) in [4.78, 5) is 14.2. The quantitative estimate of drug-likeness (QED) is 0.313. The van der Waals surface area contributed by atoms with E-state index in [2.05, 4.69) is 21.0 Å². The van der Waals surface area contributed by atoms with E-state index in [4.69, 9.17) is 37.5 Å². The molecule has 5 heterocycles. The molecule has 2 N–H and O–H groups in total. The second-order valence-electron chi connectivity index (χ2n) is 12.0. The number of nitrogens with zero attached hydrogens (tertiary/aromatic N) is 4. The van der Waals surface area contributed by atoms with Crippen LogP contribution in [0.25, 0.3) is 32.8 Å². The average Bonchev–Trinajstić information content (AvgIpc) is 3.55. The molecule has 0 amide bonds. The number of phenols is 1. The highest BCUT2D eigenvalue weighted by Gasteiger charge is 2.45. The van der Waals surface area contributed by atoms with Crippen LogP contribution in [0, 0.1) is 18.2 Å². The molecule has 3 aromatic carbocycles. The molecule has 3 fully saturated rings. The number of hydrogen-bond acceptors (Lipinski definition) is 8. The molecular weight excluding hydrogens is 569 g/mol. The lowest BCUT2D eigenvalue weighted by molar-refractivity contribution is 0.108. The Balaban J connectivity index is 1.36. The smallest absolute Gasteiger partial charge is 0.319 e. The van der Waals surface area contributed by atoms with Crippen LogP contribution in [-0.2, 0) is 0 Å². The van der Waals surface area contributed by atoms with Gasteiger partial charge < -0.3 is 24.8 Å². The maximum atomic E-state index is 17.1. The fourth-order valence-electron chi connectivity index (χ4n) is 7.64. The number of benzene rings is 3. The number of aromatic nitrogens is 2. The number of phenolic OH excluding ortho intramolecular Hbond substituents is 1. The number of anilines is 1. The average molecular weight is 600 g/mol. The standard InChI is InChI=1S/C33H31ClFN5O3/c1-2-19-6-3-7-20-14-22(41)15-23(24(19)20)25-27(34)30-26-29(28(25)35)37-32(43-18-33-8-4-11-39(33)12-5-9-33)38-31(26)40-13-10-36-16-21(40)17-42-30/h1,3,6-7,14-15,21,36,41H,4-5,8-13,16-18H2. The van der Waals surface area contributed by atoms with Crippen LogP contribution in [0.4, 0.5) is 10.2 Å². The van der Waals surface area contributed by atoms with Crippen LogP contribution in [0.1, 0.15) is 31.2 Å². The van der Waals surface area contributed by atoms with Crippen LogP contribution in [0.15, 0.2) is 30.3 Å². The van der Waals surface area contributed by atoms with Crippen LogP contribution in [0.3, 0.4) is 0 Å². The summed E-state index contributed by atoms with van der Waals surface area (Å²) >= 11 is 7.07. The zero-order valence-electron chi connectivity index (χ0n) is 23.6. The van der Waals surface area contributed by atoms with Gasteiger partial charge in [-0.3, -0.25) is 4.90 Å². The summed E-state index contributed by atoms with van der Waals surface area (Å²) in [6.07, 6.45) is 10.3. The largest absolute Gasteiger partial charge is 0.508 e. The third-order valence-corrected chi connectivity index (χ3v) is 10.0. The molecule has 1 aromatic heterocycles. The lowest BCUT2D eigenvalue weighted by Crippen LogP contribution is -2.53. The Morgan fingerprint density at radius 3 is 2.84 bits per heavy atom. The van der Waals surface area contributed by atoms with Crippen molar-refractivity contribution in [1.29, 1.82) is 0 Å². The van der Waals surface area contributed by atoms with Gasteiger partial charge in [-0.2, -0.15) is 9.97 Å². The lowest BCUT2D eigenvalue weighted by Gasteiger charge is -2.35. The molecule has 8 nitrogen and oxygen atoms in total. The molecule has 10 heteroatoms. The van der Waals surface area contributed by atoms with E-state index in [9.17, 15) is 5.11 Å². The van der Waals surface area contributed by atoms with Crippen LogP contribution in [-0.4, -0.2) is 77.5 Å². The second-order valence-corrected chi connectivity index (χ2v) is 12.4. The van der Waals surface area contributed by atoms with Crippen molar-refractivity contribution >= 4 is 39.1 Å². The lowest BCUT2D eigenvalue weighted by atomic mass is 9.93. The molecule has 8 rings (SSSR count). The van der Waals surface area contributed by atoms with Crippen molar-refractivity contribution in [3.8, 4) is 41.0 Å². The second kappa shape index (κ2) is 10.1. The van der Waals surface area contributed by atoms with Gasteiger partial charge in [-0.15, -0.1) is 6.42 Å². The predicted octanol–water partition coefficient (Wildman–Crippen LogP) is 5.11. The first kappa shape index (κ1) is 26.8. The molecule has 0 aliphatic carbocycles. The van der Waals surface area contributed by atoms with Crippen molar-refractivity contribution in [2.75, 3.05) is 50.8 Å². The number of halogens is 2. The number of rotatable bonds is 4. The number of aromatic hydroxyl groups is 1. The maximum Gasteiger partial charge on any atom is 0.319 e. The van der Waals surface area contributed by atoms with Crippen molar-refractivity contribution in [1.82, 2.24) is 20.2 Å². The van der Waals surface area contributed by atoms with Crippen molar-refractivity contribution in [2.45, 2.75) is 37.3 Å². The maximum absolute atomic E-state index is 17.1. The first-order chi connectivity index (χ1) is 21.0. The van der Waals surface area contributed by atoms with Crippen LogP contribution in [0.5, 0.6) is 17.5 Å². The third kappa shape index (κ3) is 4.11. The minimum Gasteiger partial charge on any atom is -0.508 e. The van der Waals surface area contributed by atoms with Gasteiger partial charge in [0.25, 0.3) is 0 Å². The summed E-state index contributed by atoms with van der Waals surface area (Å²) in [5.41, 5.74) is 1.04. The predicted molar refractivity (Wildman–Crippen MR) is 165 cm³/mol. The van der Waals surface area contributed by atoms with Crippen molar-refractivity contribution < 1.29 is 19.0 Å². The molecule has 4 aromatic rings. The molecular formula is C33H31ClFN5O3. The number of ether oxygens (including phenoxy) is 2. The summed E-state index contributed by atoms with van der Waals surface area (Å²) in [6, 6.07) is 8.60. The van der Waals surface area contributed by atoms with Gasteiger partial charge in [-0.25, -0.2) is 4.39 Å². The van der Waals surface area contributed by atoms with E-state index in [-0.39, 0.29) is 39.4 Å². The molecule has 0 saturated carbocycles. The molecule has 3 saturated heterocycles. The molecule has 1 unspecified atom stereocenters. The molecule has 4 aliphatic heterocycles. The van der Waals surface area contributed by atoms with Gasteiger partial charge >= 0.3 is 6.01 Å². The molecule has 220 valence electrons. The van der Waals surface area contributed by atoms with Gasteiger partial charge in [0.05, 0.1) is 22.0 Å². The number of hydrogen-bond donors (Lipinski definition) is 2. The van der Waals surface area contributed by atoms with Crippen LogP contribution in [0.2, 0.25) is 5.02 Å². The Kier molecular flexibility index (Phi) is 6.30. The molecule has 1 atom stereocenters. The first-order valence-electron chi connectivity index (χ1n) is 14.9. The highest BCUT2D eigenvalue weighted by molar-refractivity contribution is 6.37. The fourth-order valence-corrected chi connectivity index (χ4v) is 7.97. The molecule has 0 bridgehead atoms. The molecule has 4 aliphatic rings. The van der Waals surface area contributed by atoms with E-state index in [1.54, 1.807) is 18.2 Å². The Bertz CT molecular complexity index is 1830. The van der Waals surface area contributed by atoms with Gasteiger partial charge in [-0.1, -0.05) is 29.7 Å². The van der Waals surface area contributed by atoms with Crippen molar-refractivity contribution in [3.63, 3.8) is 0 Å². The Labute approximate surface area is 253 Å². The monoisotopic (exact) mass is 599 g/mol. The molecule has 0 spiro atoms. The van der Waals surface area contributed by atoms with E-state index < -0.39 is 5.82 Å². The Morgan fingerprint density at radius 1 is 1.19 bits per heavy atom. The van der Waals surface area contributed by atoms with Crippen LogP contribution < -0.4 is 19.7 Å². The van der Waals surface area contributed by atoms with Crippen molar-refractivity contribution in [3.05, 3.63) is 46.7 Å². The van der Waals surface area contributed by atoms with Gasteiger partial charge in [0.15, 0.2) is 11.6 Å². The SMILES string of the molecule is C#Cc1cccc2cc(O)cc(-c3c(Cl)c4c5c(nc(OCC67CCCN6CCC7)nc5c3F)N3CCNCC3CO4)c12. The highest BCUT2D eigenvalue weighted by Crippen LogP contribution is 2.50. The molecule has 43 heavy (non-hydrogen) atoms. The highest BCUT2D eigenvalue weighted by atomic mass is 35.5. The Hall–Kier alpha value is -3.84. The van der Waals surface area contributed by atoms with Gasteiger partial charge in [-0.05, 0) is 67.9 Å².